The first kappa shape index (κ1) is 21.3. The normalized spacial score (nSPS) is 18.2. The smallest absolute Gasteiger partial charge is 0.410 e. The number of hydrogen-bond donors (Lipinski definition) is 3. The predicted octanol–water partition coefficient (Wildman–Crippen LogP) is 5.81. The van der Waals surface area contributed by atoms with Crippen LogP contribution in [0.5, 0.6) is 5.75 Å². The Balaban J connectivity index is 1.65. The number of hydrogen-bond acceptors (Lipinski definition) is 4. The van der Waals surface area contributed by atoms with E-state index >= 15 is 0 Å². The van der Waals surface area contributed by atoms with E-state index in [0.29, 0.717) is 10.6 Å². The molecule has 0 radical (unpaired) electrons. The van der Waals surface area contributed by atoms with Crippen LogP contribution in [0, 0.1) is 0 Å². The summed E-state index contributed by atoms with van der Waals surface area (Å²) >= 11 is 11.7. The maximum atomic E-state index is 13.8. The molecule has 4 rings (SSSR count). The maximum absolute atomic E-state index is 13.8. The van der Waals surface area contributed by atoms with Crippen molar-refractivity contribution >= 4 is 40.6 Å². The fourth-order valence-corrected chi connectivity index (χ4v) is 3.69. The monoisotopic (exact) mass is 470 g/mol. The molecular weight excluding hydrogens is 456 g/mol. The lowest BCUT2D eigenvalue weighted by Crippen LogP contribution is -2.35. The summed E-state index contributed by atoms with van der Waals surface area (Å²) in [5, 5.41) is 19.9. The molecule has 1 amide bonds. The lowest BCUT2D eigenvalue weighted by molar-refractivity contribution is -0.173. The quantitative estimate of drug-likeness (QED) is 0.422. The van der Waals surface area contributed by atoms with Gasteiger partial charge < -0.3 is 15.7 Å². The molecule has 3 N–H and O–H groups in total. The summed E-state index contributed by atoms with van der Waals surface area (Å²) in [6.45, 7) is 0. The van der Waals surface area contributed by atoms with Gasteiger partial charge in [0.05, 0.1) is 11.7 Å². The SMILES string of the molecule is O=C(Nc1cc(Cl)ccc1O)c1cc2n(n1)[C@@H](C(F)(F)F)C[C@H](c1ccc(Cl)cc1)N2. The standard InChI is InChI=1S/C20H15Cl2F3N4O2/c21-11-3-1-10(2-4-11)13-8-17(20(23,24)25)29-18(26-13)9-15(28-29)19(31)27-14-7-12(22)5-6-16(14)30/h1-7,9,13,17,26,30H,8H2,(H,27,31)/t13-,17-/m1/s1. The molecule has 1 aromatic heterocycles. The van der Waals surface area contributed by atoms with Crippen LogP contribution in [0.25, 0.3) is 0 Å². The third-order valence-corrected chi connectivity index (χ3v) is 5.39. The first-order valence-electron chi connectivity index (χ1n) is 9.10. The number of alkyl halides is 3. The maximum Gasteiger partial charge on any atom is 0.410 e. The van der Waals surface area contributed by atoms with Crippen LogP contribution in [0.3, 0.4) is 0 Å². The molecule has 2 aromatic carbocycles. The number of fused-ring (bicyclic) bond motifs is 1. The van der Waals surface area contributed by atoms with Crippen molar-refractivity contribution in [1.82, 2.24) is 9.78 Å². The highest BCUT2D eigenvalue weighted by molar-refractivity contribution is 6.31. The summed E-state index contributed by atoms with van der Waals surface area (Å²) in [4.78, 5) is 12.6. The van der Waals surface area contributed by atoms with E-state index in [-0.39, 0.29) is 34.4 Å². The number of benzene rings is 2. The highest BCUT2D eigenvalue weighted by atomic mass is 35.5. The van der Waals surface area contributed by atoms with Gasteiger partial charge in [-0.2, -0.15) is 18.3 Å². The van der Waals surface area contributed by atoms with Crippen molar-refractivity contribution in [2.75, 3.05) is 10.6 Å². The summed E-state index contributed by atoms with van der Waals surface area (Å²) in [6.07, 6.45) is -4.89. The van der Waals surface area contributed by atoms with Gasteiger partial charge in [-0.3, -0.25) is 4.79 Å². The average molecular weight is 471 g/mol. The van der Waals surface area contributed by atoms with Crippen LogP contribution < -0.4 is 10.6 Å². The molecule has 3 aromatic rings. The molecule has 2 heterocycles. The van der Waals surface area contributed by atoms with Crippen molar-refractivity contribution in [3.05, 3.63) is 69.8 Å². The number of nitrogens with one attached hydrogen (secondary N) is 2. The number of aromatic nitrogens is 2. The van der Waals surface area contributed by atoms with E-state index < -0.39 is 24.2 Å². The minimum Gasteiger partial charge on any atom is -0.506 e. The fourth-order valence-electron chi connectivity index (χ4n) is 3.39. The van der Waals surface area contributed by atoms with E-state index in [2.05, 4.69) is 15.7 Å². The lowest BCUT2D eigenvalue weighted by atomic mass is 9.97. The van der Waals surface area contributed by atoms with Gasteiger partial charge in [-0.05, 0) is 35.9 Å². The number of carbonyl (C=O) groups excluding carboxylic acids is 1. The van der Waals surface area contributed by atoms with Gasteiger partial charge in [0.2, 0.25) is 0 Å². The van der Waals surface area contributed by atoms with Gasteiger partial charge in [-0.25, -0.2) is 4.68 Å². The number of carbonyl (C=O) groups is 1. The van der Waals surface area contributed by atoms with Crippen LogP contribution in [0.1, 0.15) is 34.6 Å². The van der Waals surface area contributed by atoms with E-state index in [1.807, 2.05) is 0 Å². The highest BCUT2D eigenvalue weighted by Gasteiger charge is 2.46. The molecule has 31 heavy (non-hydrogen) atoms. The van der Waals surface area contributed by atoms with E-state index in [0.717, 1.165) is 4.68 Å². The number of nitrogens with zero attached hydrogens (tertiary/aromatic N) is 2. The summed E-state index contributed by atoms with van der Waals surface area (Å²) in [6, 6.07) is 9.18. The lowest BCUT2D eigenvalue weighted by Gasteiger charge is -2.33. The van der Waals surface area contributed by atoms with Gasteiger partial charge in [-0.1, -0.05) is 35.3 Å². The molecule has 162 valence electrons. The third kappa shape index (κ3) is 4.42. The molecule has 0 saturated heterocycles. The van der Waals surface area contributed by atoms with E-state index in [1.54, 1.807) is 24.3 Å². The van der Waals surface area contributed by atoms with E-state index in [1.165, 1.54) is 24.3 Å². The van der Waals surface area contributed by atoms with Gasteiger partial charge in [0.15, 0.2) is 11.7 Å². The van der Waals surface area contributed by atoms with Crippen LogP contribution in [-0.4, -0.2) is 27.0 Å². The number of aromatic hydroxyl groups is 1. The number of phenolic OH excluding ortho intramolecular Hbond substituents is 1. The van der Waals surface area contributed by atoms with Gasteiger partial charge >= 0.3 is 6.18 Å². The zero-order valence-electron chi connectivity index (χ0n) is 15.6. The average Bonchev–Trinajstić information content (AvgIpc) is 3.14. The topological polar surface area (TPSA) is 79.2 Å². The van der Waals surface area contributed by atoms with Crippen molar-refractivity contribution in [2.45, 2.75) is 24.7 Å². The van der Waals surface area contributed by atoms with Gasteiger partial charge in [-0.15, -0.1) is 0 Å². The molecule has 0 bridgehead atoms. The second kappa shape index (κ2) is 7.97. The fraction of sp³-hybridized carbons (Fsp3) is 0.200. The Hall–Kier alpha value is -2.91. The molecule has 0 unspecified atom stereocenters. The summed E-state index contributed by atoms with van der Waals surface area (Å²) in [5.41, 5.74) is 0.400. The molecule has 0 aliphatic carbocycles. The van der Waals surface area contributed by atoms with Gasteiger partial charge in [0.25, 0.3) is 5.91 Å². The second-order valence-corrected chi connectivity index (χ2v) is 7.89. The second-order valence-electron chi connectivity index (χ2n) is 7.02. The Morgan fingerprint density at radius 2 is 1.81 bits per heavy atom. The van der Waals surface area contributed by atoms with Crippen LogP contribution >= 0.6 is 23.2 Å². The zero-order valence-corrected chi connectivity index (χ0v) is 17.1. The van der Waals surface area contributed by atoms with Crippen molar-refractivity contribution in [2.24, 2.45) is 0 Å². The Morgan fingerprint density at radius 1 is 1.13 bits per heavy atom. The Labute approximate surface area is 184 Å². The Bertz CT molecular complexity index is 1130. The number of rotatable bonds is 3. The molecule has 1 aliphatic heterocycles. The van der Waals surface area contributed by atoms with Gasteiger partial charge in [0, 0.05) is 22.5 Å². The third-order valence-electron chi connectivity index (χ3n) is 4.90. The zero-order chi connectivity index (χ0) is 22.3. The molecule has 2 atom stereocenters. The van der Waals surface area contributed by atoms with Crippen LogP contribution in [-0.2, 0) is 0 Å². The highest BCUT2D eigenvalue weighted by Crippen LogP contribution is 2.43. The Kier molecular flexibility index (Phi) is 5.49. The molecule has 11 heteroatoms. The molecular formula is C20H15Cl2F3N4O2. The van der Waals surface area contributed by atoms with E-state index in [4.69, 9.17) is 23.2 Å². The summed E-state index contributed by atoms with van der Waals surface area (Å²) in [7, 11) is 0. The number of phenols is 1. The summed E-state index contributed by atoms with van der Waals surface area (Å²) in [5.74, 6) is -0.977. The van der Waals surface area contributed by atoms with Crippen LogP contribution in [0.15, 0.2) is 48.5 Å². The minimum atomic E-state index is -4.58. The molecule has 1 aliphatic rings. The van der Waals surface area contributed by atoms with E-state index in [9.17, 15) is 23.1 Å². The van der Waals surface area contributed by atoms with Crippen molar-refractivity contribution in [1.29, 1.82) is 0 Å². The first-order valence-corrected chi connectivity index (χ1v) is 9.85. The molecule has 6 nitrogen and oxygen atoms in total. The number of halogens is 5. The predicted molar refractivity (Wildman–Crippen MR) is 111 cm³/mol. The molecule has 0 fully saturated rings. The summed E-state index contributed by atoms with van der Waals surface area (Å²) < 4.78 is 42.1. The van der Waals surface area contributed by atoms with Crippen molar-refractivity contribution in [3.8, 4) is 5.75 Å². The van der Waals surface area contributed by atoms with Crippen molar-refractivity contribution < 1.29 is 23.1 Å². The minimum absolute atomic E-state index is 0.0165. The van der Waals surface area contributed by atoms with Crippen LogP contribution in [0.4, 0.5) is 24.7 Å². The molecule has 0 saturated carbocycles. The number of anilines is 2. The van der Waals surface area contributed by atoms with Crippen LogP contribution in [0.2, 0.25) is 10.0 Å². The number of amides is 1. The van der Waals surface area contributed by atoms with Crippen molar-refractivity contribution in [3.63, 3.8) is 0 Å². The largest absolute Gasteiger partial charge is 0.506 e. The molecule has 0 spiro atoms. The first-order chi connectivity index (χ1) is 14.6. The Morgan fingerprint density at radius 3 is 2.48 bits per heavy atom. The van der Waals surface area contributed by atoms with Gasteiger partial charge in [0.1, 0.15) is 11.6 Å².